The van der Waals surface area contributed by atoms with Gasteiger partial charge in [0.05, 0.1) is 5.49 Å². The van der Waals surface area contributed by atoms with Crippen LogP contribution in [0.1, 0.15) is 0 Å². The Labute approximate surface area is 46.0 Å². The Morgan fingerprint density at radius 2 is 2.57 bits per heavy atom. The topological polar surface area (TPSA) is 30.7 Å². The molecule has 7 heavy (non-hydrogen) atoms. The number of nitrogens with zero attached hydrogens (tertiary/aromatic N) is 3. The monoisotopic (exact) mass is 113 g/mol. The van der Waals surface area contributed by atoms with E-state index in [2.05, 4.69) is 22.3 Å². The first-order chi connectivity index (χ1) is 3.43. The van der Waals surface area contributed by atoms with Gasteiger partial charge in [0, 0.05) is 0 Å². The summed E-state index contributed by atoms with van der Waals surface area (Å²) >= 11 is 4.51. The zero-order valence-electron chi connectivity index (χ0n) is 3.48. The Bertz CT molecular complexity index is 145. The van der Waals surface area contributed by atoms with Crippen molar-refractivity contribution in [3.63, 3.8) is 0 Å². The van der Waals surface area contributed by atoms with Crippen molar-refractivity contribution in [1.82, 2.24) is 14.8 Å². The van der Waals surface area contributed by atoms with Crippen LogP contribution >= 0.6 is 12.2 Å². The van der Waals surface area contributed by atoms with E-state index >= 15 is 0 Å². The van der Waals surface area contributed by atoms with Crippen molar-refractivity contribution in [1.29, 1.82) is 0 Å². The standard InChI is InChI=1S/C3H3N3S/c7-3-6-2-4-1-5-6/h1-3H. The second-order valence-electron chi connectivity index (χ2n) is 0.981. The molecule has 3 nitrogen and oxygen atoms in total. The fourth-order valence-corrected chi connectivity index (χ4v) is 0.381. The number of thiocarbonyl (C=S) groups is 1. The summed E-state index contributed by atoms with van der Waals surface area (Å²) in [6.07, 6.45) is 2.97. The highest BCUT2D eigenvalue weighted by atomic mass is 32.1. The van der Waals surface area contributed by atoms with Gasteiger partial charge in [-0.1, -0.05) is 12.2 Å². The molecule has 0 atom stereocenters. The first kappa shape index (κ1) is 4.39. The lowest BCUT2D eigenvalue weighted by atomic mass is 11.2. The summed E-state index contributed by atoms with van der Waals surface area (Å²) in [6, 6.07) is 0. The van der Waals surface area contributed by atoms with Crippen LogP contribution in [-0.4, -0.2) is 20.3 Å². The summed E-state index contributed by atoms with van der Waals surface area (Å²) in [7, 11) is 0. The molecule has 0 radical (unpaired) electrons. The van der Waals surface area contributed by atoms with Gasteiger partial charge in [-0.2, -0.15) is 5.10 Å². The van der Waals surface area contributed by atoms with Crippen LogP contribution in [0, 0.1) is 0 Å². The van der Waals surface area contributed by atoms with Gasteiger partial charge < -0.3 is 0 Å². The van der Waals surface area contributed by atoms with Gasteiger partial charge in [-0.05, 0) is 0 Å². The molecule has 0 unspecified atom stereocenters. The van der Waals surface area contributed by atoms with Gasteiger partial charge in [0.1, 0.15) is 12.7 Å². The average Bonchev–Trinajstić information content (AvgIpc) is 2.14. The first-order valence-electron chi connectivity index (χ1n) is 1.73. The third-order valence-corrected chi connectivity index (χ3v) is 0.761. The lowest BCUT2D eigenvalue weighted by molar-refractivity contribution is 0.969. The summed E-state index contributed by atoms with van der Waals surface area (Å²) in [5.74, 6) is 0. The largest absolute Gasteiger partial charge is 0.223 e. The van der Waals surface area contributed by atoms with Crippen LogP contribution in [-0.2, 0) is 0 Å². The summed E-state index contributed by atoms with van der Waals surface area (Å²) < 4.78 is 1.45. The molecule has 1 aromatic rings. The summed E-state index contributed by atoms with van der Waals surface area (Å²) in [6.45, 7) is 0. The van der Waals surface area contributed by atoms with Gasteiger partial charge >= 0.3 is 0 Å². The van der Waals surface area contributed by atoms with Gasteiger partial charge in [-0.15, -0.1) is 0 Å². The van der Waals surface area contributed by atoms with Crippen molar-refractivity contribution in [3.8, 4) is 0 Å². The van der Waals surface area contributed by atoms with E-state index in [4.69, 9.17) is 0 Å². The van der Waals surface area contributed by atoms with Crippen LogP contribution in [0.2, 0.25) is 0 Å². The molecule has 4 heteroatoms. The normalized spacial score (nSPS) is 8.57. The Kier molecular flexibility index (Phi) is 1.12. The molecule has 0 N–H and O–H groups in total. The summed E-state index contributed by atoms with van der Waals surface area (Å²) in [4.78, 5) is 3.65. The third-order valence-electron chi connectivity index (χ3n) is 0.545. The van der Waals surface area contributed by atoms with Gasteiger partial charge in [0.2, 0.25) is 0 Å². The highest BCUT2D eigenvalue weighted by Gasteiger charge is 1.75. The number of aromatic nitrogens is 3. The lowest BCUT2D eigenvalue weighted by Crippen LogP contribution is -1.90. The minimum absolute atomic E-state index is 1.41. The smallest absolute Gasteiger partial charge is 0.138 e. The molecule has 1 rings (SSSR count). The molecule has 1 aromatic heterocycles. The molecule has 0 aliphatic heterocycles. The van der Waals surface area contributed by atoms with Crippen LogP contribution < -0.4 is 0 Å². The quantitative estimate of drug-likeness (QED) is 0.483. The van der Waals surface area contributed by atoms with Crippen LogP contribution in [0.25, 0.3) is 0 Å². The predicted molar refractivity (Wildman–Crippen MR) is 29.1 cm³/mol. The van der Waals surface area contributed by atoms with E-state index < -0.39 is 0 Å². The van der Waals surface area contributed by atoms with Gasteiger partial charge in [-0.3, -0.25) is 0 Å². The van der Waals surface area contributed by atoms with E-state index in [1.165, 1.54) is 22.8 Å². The molecule has 36 valence electrons. The van der Waals surface area contributed by atoms with E-state index in [9.17, 15) is 0 Å². The van der Waals surface area contributed by atoms with Gasteiger partial charge in [0.25, 0.3) is 0 Å². The van der Waals surface area contributed by atoms with Crippen molar-refractivity contribution in [2.75, 3.05) is 0 Å². The van der Waals surface area contributed by atoms with Gasteiger partial charge in [0.15, 0.2) is 0 Å². The molecule has 0 saturated heterocycles. The summed E-state index contributed by atoms with van der Waals surface area (Å²) in [5.41, 5.74) is 1.41. The zero-order chi connectivity index (χ0) is 5.11. The fraction of sp³-hybridized carbons (Fsp3) is 0. The zero-order valence-corrected chi connectivity index (χ0v) is 4.30. The van der Waals surface area contributed by atoms with Crippen molar-refractivity contribution < 1.29 is 0 Å². The van der Waals surface area contributed by atoms with Crippen LogP contribution in [0.5, 0.6) is 0 Å². The minimum atomic E-state index is 1.41. The minimum Gasteiger partial charge on any atom is -0.223 e. The number of rotatable bonds is 1. The lowest BCUT2D eigenvalue weighted by Gasteiger charge is -1.76. The van der Waals surface area contributed by atoms with Crippen molar-refractivity contribution in [3.05, 3.63) is 12.7 Å². The van der Waals surface area contributed by atoms with E-state index in [1.54, 1.807) is 0 Å². The highest BCUT2D eigenvalue weighted by Crippen LogP contribution is 1.68. The molecular weight excluding hydrogens is 110 g/mol. The van der Waals surface area contributed by atoms with E-state index in [0.717, 1.165) is 0 Å². The first-order valence-corrected chi connectivity index (χ1v) is 2.20. The fourth-order valence-electron chi connectivity index (χ4n) is 0.272. The maximum atomic E-state index is 4.51. The van der Waals surface area contributed by atoms with E-state index in [0.29, 0.717) is 0 Å². The molecule has 1 heterocycles. The maximum Gasteiger partial charge on any atom is 0.138 e. The molecule has 0 bridgehead atoms. The van der Waals surface area contributed by atoms with E-state index in [1.807, 2.05) is 0 Å². The van der Waals surface area contributed by atoms with Crippen molar-refractivity contribution in [2.24, 2.45) is 0 Å². The molecule has 0 aliphatic carbocycles. The molecule has 0 saturated carbocycles. The third kappa shape index (κ3) is 0.806. The predicted octanol–water partition coefficient (Wildman–Crippen LogP) is 0.0834. The van der Waals surface area contributed by atoms with Crippen molar-refractivity contribution in [2.45, 2.75) is 0 Å². The SMILES string of the molecule is S=Cn1cncn1. The van der Waals surface area contributed by atoms with Gasteiger partial charge in [-0.25, -0.2) is 9.67 Å². The molecule has 0 fully saturated rings. The maximum absolute atomic E-state index is 4.51. The second-order valence-corrected chi connectivity index (χ2v) is 1.19. The Morgan fingerprint density at radius 3 is 2.86 bits per heavy atom. The molecule has 0 aromatic carbocycles. The summed E-state index contributed by atoms with van der Waals surface area (Å²) in [5, 5.41) is 3.68. The van der Waals surface area contributed by atoms with Crippen LogP contribution in [0.15, 0.2) is 12.7 Å². The van der Waals surface area contributed by atoms with Crippen LogP contribution in [0.4, 0.5) is 0 Å². The molecule has 0 spiro atoms. The van der Waals surface area contributed by atoms with Crippen LogP contribution in [0.3, 0.4) is 0 Å². The Hall–Kier alpha value is -0.770. The molecule has 0 amide bonds. The van der Waals surface area contributed by atoms with E-state index in [-0.39, 0.29) is 0 Å². The average molecular weight is 113 g/mol. The molecular formula is C3H3N3S. The van der Waals surface area contributed by atoms with Crippen molar-refractivity contribution >= 4 is 17.7 Å². The number of hydrogen-bond donors (Lipinski definition) is 0. The Morgan fingerprint density at radius 1 is 1.71 bits per heavy atom. The number of hydrogen-bond acceptors (Lipinski definition) is 3. The molecule has 0 aliphatic rings. The highest BCUT2D eigenvalue weighted by molar-refractivity contribution is 7.78. The Balaban J connectivity index is 2.96. The second kappa shape index (κ2) is 1.79.